The molecule has 1 aliphatic rings. The van der Waals surface area contributed by atoms with Gasteiger partial charge in [0.2, 0.25) is 0 Å². The predicted octanol–water partition coefficient (Wildman–Crippen LogP) is 1.09. The van der Waals surface area contributed by atoms with Crippen LogP contribution in [0.1, 0.15) is 25.7 Å². The molecule has 1 fully saturated rings. The van der Waals surface area contributed by atoms with E-state index in [-0.39, 0.29) is 6.61 Å². The Kier molecular flexibility index (Phi) is 2.68. The smallest absolute Gasteiger partial charge is 0.0652 e. The molecule has 11 heavy (non-hydrogen) atoms. The lowest BCUT2D eigenvalue weighted by Crippen LogP contribution is -2.39. The number of aliphatic hydroxyl groups is 2. The standard InChI is InChI=1S/C9H16O2/c1-2-9(7-10)6-4-3-5-8(9)11/h2,8,10-11H,1,3-7H2/t8-,9+/m1/s1. The third kappa shape index (κ3) is 1.47. The molecule has 0 aromatic carbocycles. The Morgan fingerprint density at radius 3 is 2.64 bits per heavy atom. The molecule has 0 aromatic rings. The molecule has 1 saturated carbocycles. The Hall–Kier alpha value is -0.340. The van der Waals surface area contributed by atoms with Crippen molar-refractivity contribution in [3.05, 3.63) is 12.7 Å². The van der Waals surface area contributed by atoms with E-state index in [1.165, 1.54) is 0 Å². The van der Waals surface area contributed by atoms with Crippen molar-refractivity contribution in [2.24, 2.45) is 5.41 Å². The van der Waals surface area contributed by atoms with Crippen molar-refractivity contribution in [2.45, 2.75) is 31.8 Å². The lowest BCUT2D eigenvalue weighted by molar-refractivity contribution is -0.0146. The van der Waals surface area contributed by atoms with Gasteiger partial charge in [-0.3, -0.25) is 0 Å². The first-order valence-corrected chi connectivity index (χ1v) is 4.18. The van der Waals surface area contributed by atoms with Gasteiger partial charge in [-0.05, 0) is 12.8 Å². The number of hydrogen-bond donors (Lipinski definition) is 2. The van der Waals surface area contributed by atoms with Crippen molar-refractivity contribution in [3.8, 4) is 0 Å². The van der Waals surface area contributed by atoms with Gasteiger partial charge in [-0.2, -0.15) is 0 Å². The summed E-state index contributed by atoms with van der Waals surface area (Å²) in [4.78, 5) is 0. The SMILES string of the molecule is C=C[C@@]1(CO)CCCC[C@H]1O. The zero-order valence-electron chi connectivity index (χ0n) is 6.79. The van der Waals surface area contributed by atoms with Crippen LogP contribution in [0.4, 0.5) is 0 Å². The van der Waals surface area contributed by atoms with Crippen LogP contribution in [0.25, 0.3) is 0 Å². The van der Waals surface area contributed by atoms with Gasteiger partial charge >= 0.3 is 0 Å². The summed E-state index contributed by atoms with van der Waals surface area (Å²) in [6.07, 6.45) is 5.14. The lowest BCUT2D eigenvalue weighted by atomic mass is 9.72. The van der Waals surface area contributed by atoms with Crippen molar-refractivity contribution < 1.29 is 10.2 Å². The molecule has 2 heteroatoms. The molecule has 1 rings (SSSR count). The topological polar surface area (TPSA) is 40.5 Å². The molecule has 0 aromatic heterocycles. The second kappa shape index (κ2) is 3.37. The minimum Gasteiger partial charge on any atom is -0.395 e. The molecule has 2 atom stereocenters. The molecule has 0 unspecified atom stereocenters. The van der Waals surface area contributed by atoms with Crippen LogP contribution in [0.3, 0.4) is 0 Å². The van der Waals surface area contributed by atoms with Crippen molar-refractivity contribution in [2.75, 3.05) is 6.61 Å². The van der Waals surface area contributed by atoms with Crippen LogP contribution < -0.4 is 0 Å². The summed E-state index contributed by atoms with van der Waals surface area (Å²) in [5, 5.41) is 18.7. The van der Waals surface area contributed by atoms with E-state index >= 15 is 0 Å². The van der Waals surface area contributed by atoms with Crippen molar-refractivity contribution in [1.29, 1.82) is 0 Å². The van der Waals surface area contributed by atoms with Gasteiger partial charge in [0.1, 0.15) is 0 Å². The highest BCUT2D eigenvalue weighted by molar-refractivity contribution is 5.01. The van der Waals surface area contributed by atoms with Crippen LogP contribution in [0.5, 0.6) is 0 Å². The van der Waals surface area contributed by atoms with Gasteiger partial charge in [0.25, 0.3) is 0 Å². The third-order valence-electron chi connectivity index (χ3n) is 2.73. The van der Waals surface area contributed by atoms with Crippen LogP contribution in [-0.2, 0) is 0 Å². The van der Waals surface area contributed by atoms with Crippen molar-refractivity contribution in [1.82, 2.24) is 0 Å². The highest BCUT2D eigenvalue weighted by Gasteiger charge is 2.36. The average Bonchev–Trinajstić information content (AvgIpc) is 2.06. The fourth-order valence-corrected chi connectivity index (χ4v) is 1.73. The maximum Gasteiger partial charge on any atom is 0.0652 e. The average molecular weight is 156 g/mol. The fraction of sp³-hybridized carbons (Fsp3) is 0.778. The second-order valence-electron chi connectivity index (χ2n) is 3.36. The Bertz CT molecular complexity index is 144. The maximum absolute atomic E-state index is 9.59. The van der Waals surface area contributed by atoms with Crippen molar-refractivity contribution >= 4 is 0 Å². The number of hydrogen-bond acceptors (Lipinski definition) is 2. The van der Waals surface area contributed by atoms with E-state index < -0.39 is 11.5 Å². The summed E-state index contributed by atoms with van der Waals surface area (Å²) >= 11 is 0. The molecular formula is C9H16O2. The van der Waals surface area contributed by atoms with Gasteiger partial charge < -0.3 is 10.2 Å². The molecule has 0 bridgehead atoms. The molecule has 2 nitrogen and oxygen atoms in total. The van der Waals surface area contributed by atoms with E-state index in [0.29, 0.717) is 0 Å². The van der Waals surface area contributed by atoms with Crippen LogP contribution in [0.15, 0.2) is 12.7 Å². The minimum absolute atomic E-state index is 0.0255. The van der Waals surface area contributed by atoms with Gasteiger partial charge in [-0.1, -0.05) is 18.9 Å². The number of aliphatic hydroxyl groups excluding tert-OH is 2. The Morgan fingerprint density at radius 2 is 2.27 bits per heavy atom. The van der Waals surface area contributed by atoms with Gasteiger partial charge in [0.05, 0.1) is 12.7 Å². The van der Waals surface area contributed by atoms with Crippen LogP contribution in [-0.4, -0.2) is 22.9 Å². The summed E-state index contributed by atoms with van der Waals surface area (Å²) in [6.45, 7) is 3.68. The summed E-state index contributed by atoms with van der Waals surface area (Å²) in [5.41, 5.74) is -0.405. The quantitative estimate of drug-likeness (QED) is 0.587. The number of rotatable bonds is 2. The van der Waals surface area contributed by atoms with Crippen LogP contribution >= 0.6 is 0 Å². The first kappa shape index (κ1) is 8.75. The summed E-state index contributed by atoms with van der Waals surface area (Å²) in [6, 6.07) is 0. The van der Waals surface area contributed by atoms with Gasteiger partial charge in [-0.25, -0.2) is 0 Å². The summed E-state index contributed by atoms with van der Waals surface area (Å²) in [5.74, 6) is 0. The van der Waals surface area contributed by atoms with Gasteiger partial charge in [-0.15, -0.1) is 6.58 Å². The van der Waals surface area contributed by atoms with E-state index in [9.17, 15) is 5.11 Å². The maximum atomic E-state index is 9.59. The molecule has 0 spiro atoms. The molecule has 0 amide bonds. The first-order valence-electron chi connectivity index (χ1n) is 4.18. The molecule has 0 saturated heterocycles. The van der Waals surface area contributed by atoms with E-state index in [2.05, 4.69) is 6.58 Å². The van der Waals surface area contributed by atoms with Crippen LogP contribution in [0.2, 0.25) is 0 Å². The molecule has 0 aliphatic heterocycles. The fourth-order valence-electron chi connectivity index (χ4n) is 1.73. The van der Waals surface area contributed by atoms with Crippen LogP contribution in [0, 0.1) is 5.41 Å². The highest BCUT2D eigenvalue weighted by atomic mass is 16.3. The molecule has 2 N–H and O–H groups in total. The monoisotopic (exact) mass is 156 g/mol. The first-order chi connectivity index (χ1) is 5.25. The Labute approximate surface area is 67.6 Å². The molecular weight excluding hydrogens is 140 g/mol. The zero-order valence-corrected chi connectivity index (χ0v) is 6.79. The molecule has 0 heterocycles. The third-order valence-corrected chi connectivity index (χ3v) is 2.73. The minimum atomic E-state index is -0.405. The van der Waals surface area contributed by atoms with E-state index in [0.717, 1.165) is 25.7 Å². The zero-order chi connectivity index (χ0) is 8.32. The normalized spacial score (nSPS) is 38.5. The summed E-state index contributed by atoms with van der Waals surface area (Å²) < 4.78 is 0. The van der Waals surface area contributed by atoms with E-state index in [1.54, 1.807) is 6.08 Å². The second-order valence-corrected chi connectivity index (χ2v) is 3.36. The Morgan fingerprint density at radius 1 is 1.55 bits per heavy atom. The largest absolute Gasteiger partial charge is 0.395 e. The van der Waals surface area contributed by atoms with Gasteiger partial charge in [0.15, 0.2) is 0 Å². The van der Waals surface area contributed by atoms with E-state index in [1.807, 2.05) is 0 Å². The van der Waals surface area contributed by atoms with Crippen molar-refractivity contribution in [3.63, 3.8) is 0 Å². The Balaban J connectivity index is 2.69. The lowest BCUT2D eigenvalue weighted by Gasteiger charge is -2.37. The predicted molar refractivity (Wildman–Crippen MR) is 44.2 cm³/mol. The summed E-state index contributed by atoms with van der Waals surface area (Å²) in [7, 11) is 0. The molecule has 0 radical (unpaired) electrons. The van der Waals surface area contributed by atoms with Gasteiger partial charge in [0, 0.05) is 5.41 Å². The molecule has 64 valence electrons. The highest BCUT2D eigenvalue weighted by Crippen LogP contribution is 2.36. The molecule has 1 aliphatic carbocycles. The van der Waals surface area contributed by atoms with E-state index in [4.69, 9.17) is 5.11 Å².